The maximum atomic E-state index is 11.9. The van der Waals surface area contributed by atoms with Gasteiger partial charge in [-0.25, -0.2) is 0 Å². The molecule has 1 fully saturated rings. The van der Waals surface area contributed by atoms with E-state index in [0.717, 1.165) is 32.3 Å². The molecule has 0 aromatic heterocycles. The van der Waals surface area contributed by atoms with E-state index in [2.05, 4.69) is 19.2 Å². The largest absolute Gasteiger partial charge is 0.380 e. The zero-order valence-electron chi connectivity index (χ0n) is 11.1. The molecule has 0 aliphatic heterocycles. The summed E-state index contributed by atoms with van der Waals surface area (Å²) < 4.78 is 5.45. The van der Waals surface area contributed by atoms with Gasteiger partial charge in [-0.15, -0.1) is 0 Å². The van der Waals surface area contributed by atoms with Crippen molar-refractivity contribution < 1.29 is 9.53 Å². The molecule has 3 N–H and O–H groups in total. The molecule has 1 aliphatic rings. The summed E-state index contributed by atoms with van der Waals surface area (Å²) in [4.78, 5) is 11.9. The van der Waals surface area contributed by atoms with Gasteiger partial charge in [0.15, 0.2) is 0 Å². The third-order valence-electron chi connectivity index (χ3n) is 3.55. The Morgan fingerprint density at radius 1 is 1.41 bits per heavy atom. The molecule has 4 heteroatoms. The fourth-order valence-electron chi connectivity index (χ4n) is 1.97. The highest BCUT2D eigenvalue weighted by atomic mass is 16.5. The first-order valence-electron chi connectivity index (χ1n) is 6.67. The normalized spacial score (nSPS) is 17.9. The maximum absolute atomic E-state index is 11.9. The van der Waals surface area contributed by atoms with Crippen molar-refractivity contribution in [2.75, 3.05) is 26.3 Å². The molecular weight excluding hydrogens is 216 g/mol. The molecular formula is C13H26N2O2. The van der Waals surface area contributed by atoms with E-state index in [-0.39, 0.29) is 11.3 Å². The van der Waals surface area contributed by atoms with Crippen LogP contribution in [0.2, 0.25) is 0 Å². The third kappa shape index (κ3) is 4.28. The average molecular weight is 242 g/mol. The number of hydrogen-bond donors (Lipinski definition) is 2. The highest BCUT2D eigenvalue weighted by Gasteiger charge is 2.42. The Bertz CT molecular complexity index is 232. The first-order chi connectivity index (χ1) is 8.10. The molecule has 4 nitrogen and oxygen atoms in total. The molecule has 0 unspecified atom stereocenters. The highest BCUT2D eigenvalue weighted by molar-refractivity contribution is 5.83. The topological polar surface area (TPSA) is 64.3 Å². The summed E-state index contributed by atoms with van der Waals surface area (Å²) in [5, 5.41) is 2.92. The van der Waals surface area contributed by atoms with E-state index >= 15 is 0 Å². The van der Waals surface area contributed by atoms with Crippen LogP contribution >= 0.6 is 0 Å². The van der Waals surface area contributed by atoms with Gasteiger partial charge in [0.05, 0.1) is 12.0 Å². The van der Waals surface area contributed by atoms with Gasteiger partial charge in [0.2, 0.25) is 5.91 Å². The number of carbonyl (C=O) groups excluding carboxylic acids is 1. The predicted octanol–water partition coefficient (Wildman–Crippen LogP) is 1.29. The molecule has 0 spiro atoms. The Kier molecular flexibility index (Phi) is 5.92. The second-order valence-electron chi connectivity index (χ2n) is 5.39. The zero-order chi connectivity index (χ0) is 12.7. The Hall–Kier alpha value is -0.610. The molecule has 100 valence electrons. The number of hydrogen-bond acceptors (Lipinski definition) is 3. The first kappa shape index (κ1) is 14.5. The molecule has 17 heavy (non-hydrogen) atoms. The van der Waals surface area contributed by atoms with E-state index in [1.54, 1.807) is 0 Å². The van der Waals surface area contributed by atoms with E-state index in [4.69, 9.17) is 10.5 Å². The fraction of sp³-hybridized carbons (Fsp3) is 0.923. The second-order valence-corrected chi connectivity index (χ2v) is 5.39. The maximum Gasteiger partial charge on any atom is 0.227 e. The minimum Gasteiger partial charge on any atom is -0.380 e. The minimum atomic E-state index is -0.266. The lowest BCUT2D eigenvalue weighted by Gasteiger charge is -2.39. The third-order valence-corrected chi connectivity index (χ3v) is 3.55. The van der Waals surface area contributed by atoms with E-state index < -0.39 is 0 Å². The summed E-state index contributed by atoms with van der Waals surface area (Å²) in [5.41, 5.74) is 5.40. The van der Waals surface area contributed by atoms with Crippen molar-refractivity contribution >= 4 is 5.91 Å². The number of nitrogens with two attached hydrogens (primary N) is 1. The number of nitrogens with one attached hydrogen (secondary N) is 1. The van der Waals surface area contributed by atoms with Crippen LogP contribution in [0.3, 0.4) is 0 Å². The van der Waals surface area contributed by atoms with Gasteiger partial charge in [-0.1, -0.05) is 20.3 Å². The van der Waals surface area contributed by atoms with Crippen LogP contribution in [0.4, 0.5) is 0 Å². The summed E-state index contributed by atoms with van der Waals surface area (Å²) >= 11 is 0. The van der Waals surface area contributed by atoms with Crippen LogP contribution in [0.5, 0.6) is 0 Å². The average Bonchev–Trinajstić information content (AvgIpc) is 2.22. The van der Waals surface area contributed by atoms with E-state index in [1.807, 2.05) is 0 Å². The number of ether oxygens (including phenoxy) is 1. The van der Waals surface area contributed by atoms with Crippen molar-refractivity contribution in [2.24, 2.45) is 17.1 Å². The molecule has 1 amide bonds. The SMILES string of the molecule is CC(C)CCOCCNC(=O)C1(CN)CCC1. The minimum absolute atomic E-state index is 0.110. The highest BCUT2D eigenvalue weighted by Crippen LogP contribution is 2.39. The molecule has 0 radical (unpaired) electrons. The number of amides is 1. The summed E-state index contributed by atoms with van der Waals surface area (Å²) in [6.45, 7) is 6.78. The summed E-state index contributed by atoms with van der Waals surface area (Å²) in [6.07, 6.45) is 4.06. The molecule has 1 saturated carbocycles. The van der Waals surface area contributed by atoms with Crippen LogP contribution < -0.4 is 11.1 Å². The number of carbonyl (C=O) groups is 1. The molecule has 0 bridgehead atoms. The first-order valence-corrected chi connectivity index (χ1v) is 6.67. The molecule has 0 heterocycles. The second kappa shape index (κ2) is 6.97. The van der Waals surface area contributed by atoms with Crippen molar-refractivity contribution in [3.8, 4) is 0 Å². The summed E-state index contributed by atoms with van der Waals surface area (Å²) in [7, 11) is 0. The summed E-state index contributed by atoms with van der Waals surface area (Å²) in [5.74, 6) is 0.777. The van der Waals surface area contributed by atoms with Crippen molar-refractivity contribution in [3.05, 3.63) is 0 Å². The van der Waals surface area contributed by atoms with Crippen LogP contribution in [0.1, 0.15) is 39.5 Å². The van der Waals surface area contributed by atoms with Crippen molar-refractivity contribution in [1.29, 1.82) is 0 Å². The van der Waals surface area contributed by atoms with Gasteiger partial charge in [-0.05, 0) is 25.2 Å². The van der Waals surface area contributed by atoms with E-state index in [9.17, 15) is 4.79 Å². The lowest BCUT2D eigenvalue weighted by Crippen LogP contribution is -2.50. The molecule has 1 aliphatic carbocycles. The molecule has 0 atom stereocenters. The fourth-order valence-corrected chi connectivity index (χ4v) is 1.97. The van der Waals surface area contributed by atoms with Gasteiger partial charge in [-0.3, -0.25) is 4.79 Å². The quantitative estimate of drug-likeness (QED) is 0.630. The predicted molar refractivity (Wildman–Crippen MR) is 68.6 cm³/mol. The monoisotopic (exact) mass is 242 g/mol. The van der Waals surface area contributed by atoms with Gasteiger partial charge in [0.25, 0.3) is 0 Å². The van der Waals surface area contributed by atoms with Crippen molar-refractivity contribution in [2.45, 2.75) is 39.5 Å². The molecule has 1 rings (SSSR count). The molecule has 0 saturated heterocycles. The van der Waals surface area contributed by atoms with Crippen molar-refractivity contribution in [1.82, 2.24) is 5.32 Å². The zero-order valence-corrected chi connectivity index (χ0v) is 11.1. The van der Waals surface area contributed by atoms with Crippen LogP contribution in [0.25, 0.3) is 0 Å². The molecule has 0 aromatic rings. The van der Waals surface area contributed by atoms with Gasteiger partial charge in [0, 0.05) is 19.7 Å². The number of rotatable bonds is 8. The van der Waals surface area contributed by atoms with Crippen LogP contribution in [0.15, 0.2) is 0 Å². The lowest BCUT2D eigenvalue weighted by atomic mass is 9.68. The Morgan fingerprint density at radius 3 is 2.59 bits per heavy atom. The van der Waals surface area contributed by atoms with Gasteiger partial charge in [-0.2, -0.15) is 0 Å². The van der Waals surface area contributed by atoms with Gasteiger partial charge in [0.1, 0.15) is 0 Å². The van der Waals surface area contributed by atoms with Crippen LogP contribution in [0, 0.1) is 11.3 Å². The Balaban J connectivity index is 2.04. The lowest BCUT2D eigenvalue weighted by molar-refractivity contribution is -0.135. The smallest absolute Gasteiger partial charge is 0.227 e. The van der Waals surface area contributed by atoms with Gasteiger partial charge >= 0.3 is 0 Å². The standard InChI is InChI=1S/C13H26N2O2/c1-11(2)4-8-17-9-7-15-12(16)13(10-14)5-3-6-13/h11H,3-10,14H2,1-2H3,(H,15,16). The Morgan fingerprint density at radius 2 is 2.12 bits per heavy atom. The van der Waals surface area contributed by atoms with Crippen LogP contribution in [-0.4, -0.2) is 32.2 Å². The molecule has 0 aromatic carbocycles. The van der Waals surface area contributed by atoms with E-state index in [1.165, 1.54) is 0 Å². The Labute approximate surface area is 104 Å². The van der Waals surface area contributed by atoms with Crippen molar-refractivity contribution in [3.63, 3.8) is 0 Å². The summed E-state index contributed by atoms with van der Waals surface area (Å²) in [6, 6.07) is 0. The van der Waals surface area contributed by atoms with Gasteiger partial charge < -0.3 is 15.8 Å². The van der Waals surface area contributed by atoms with E-state index in [0.29, 0.717) is 25.6 Å². The van der Waals surface area contributed by atoms with Crippen LogP contribution in [-0.2, 0) is 9.53 Å².